The Labute approximate surface area is 102 Å². The predicted molar refractivity (Wildman–Crippen MR) is 70.8 cm³/mol. The van der Waals surface area contributed by atoms with Crippen molar-refractivity contribution in [2.24, 2.45) is 5.73 Å². The number of nitrogens with zero attached hydrogens (tertiary/aromatic N) is 1. The summed E-state index contributed by atoms with van der Waals surface area (Å²) >= 11 is 1.89. The Morgan fingerprint density at radius 3 is 2.62 bits per heavy atom. The summed E-state index contributed by atoms with van der Waals surface area (Å²) < 4.78 is 0. The minimum atomic E-state index is 0.253. The highest BCUT2D eigenvalue weighted by Gasteiger charge is 2.34. The number of rotatable bonds is 5. The zero-order valence-electron chi connectivity index (χ0n) is 10.4. The Balaban J connectivity index is 2.19. The van der Waals surface area contributed by atoms with Crippen LogP contribution in [0.5, 0.6) is 0 Å². The third-order valence-corrected chi connectivity index (χ3v) is 4.56. The molecule has 3 heteroatoms. The van der Waals surface area contributed by atoms with E-state index in [0.29, 0.717) is 6.04 Å². The quantitative estimate of drug-likeness (QED) is 0.854. The largest absolute Gasteiger partial charge is 0.326 e. The lowest BCUT2D eigenvalue weighted by Gasteiger charge is -2.31. The Morgan fingerprint density at radius 1 is 1.50 bits per heavy atom. The monoisotopic (exact) mass is 238 g/mol. The van der Waals surface area contributed by atoms with Gasteiger partial charge in [0.1, 0.15) is 0 Å². The summed E-state index contributed by atoms with van der Waals surface area (Å²) in [7, 11) is 2.23. The lowest BCUT2D eigenvalue weighted by molar-refractivity contribution is 0.203. The molecule has 0 spiro atoms. The molecule has 0 bridgehead atoms. The summed E-state index contributed by atoms with van der Waals surface area (Å²) in [4.78, 5) is 5.30. The maximum absolute atomic E-state index is 6.29. The molecule has 2 rings (SSSR count). The smallest absolute Gasteiger partial charge is 0.0593 e. The third kappa shape index (κ3) is 2.47. The van der Waals surface area contributed by atoms with Gasteiger partial charge in [-0.1, -0.05) is 6.92 Å². The van der Waals surface area contributed by atoms with E-state index >= 15 is 0 Å². The number of likely N-dealkylation sites (N-methyl/N-ethyl adjacent to an activating group) is 1. The number of hydrogen-bond donors (Lipinski definition) is 1. The normalized spacial score (nSPS) is 20.1. The molecule has 1 aromatic rings. The fraction of sp³-hybridized carbons (Fsp3) is 0.692. The van der Waals surface area contributed by atoms with Crippen LogP contribution in [0, 0.1) is 6.92 Å². The van der Waals surface area contributed by atoms with Gasteiger partial charge in [0, 0.05) is 21.8 Å². The molecular formula is C13H22N2S. The summed E-state index contributed by atoms with van der Waals surface area (Å²) in [6.07, 6.45) is 3.72. The van der Waals surface area contributed by atoms with E-state index in [0.717, 1.165) is 12.5 Å². The molecular weight excluding hydrogens is 216 g/mol. The molecule has 1 saturated carbocycles. The van der Waals surface area contributed by atoms with Crippen LogP contribution in [0.3, 0.4) is 0 Å². The van der Waals surface area contributed by atoms with Crippen molar-refractivity contribution in [1.82, 2.24) is 4.90 Å². The number of aryl methyl sites for hydroxylation is 1. The van der Waals surface area contributed by atoms with Crippen molar-refractivity contribution in [3.63, 3.8) is 0 Å². The van der Waals surface area contributed by atoms with Crippen molar-refractivity contribution in [3.8, 4) is 0 Å². The van der Waals surface area contributed by atoms with Crippen LogP contribution in [0.1, 0.15) is 42.0 Å². The first kappa shape index (κ1) is 12.1. The molecule has 1 aromatic heterocycles. The lowest BCUT2D eigenvalue weighted by atomic mass is 10.0. The summed E-state index contributed by atoms with van der Waals surface area (Å²) in [5, 5.41) is 0. The van der Waals surface area contributed by atoms with Crippen molar-refractivity contribution in [2.45, 2.75) is 51.2 Å². The van der Waals surface area contributed by atoms with E-state index in [9.17, 15) is 0 Å². The molecule has 0 amide bonds. The van der Waals surface area contributed by atoms with E-state index < -0.39 is 0 Å². The summed E-state index contributed by atoms with van der Waals surface area (Å²) in [5.74, 6) is 0. The van der Waals surface area contributed by atoms with Gasteiger partial charge in [0.2, 0.25) is 0 Å². The van der Waals surface area contributed by atoms with Crippen LogP contribution in [0.15, 0.2) is 12.1 Å². The zero-order chi connectivity index (χ0) is 11.7. The van der Waals surface area contributed by atoms with Crippen LogP contribution in [-0.2, 0) is 0 Å². The predicted octanol–water partition coefficient (Wildman–Crippen LogP) is 2.93. The Morgan fingerprint density at radius 2 is 2.19 bits per heavy atom. The lowest BCUT2D eigenvalue weighted by Crippen LogP contribution is -2.39. The van der Waals surface area contributed by atoms with E-state index in [2.05, 4.69) is 37.9 Å². The third-order valence-electron chi connectivity index (χ3n) is 3.49. The second-order valence-electron chi connectivity index (χ2n) is 4.86. The summed E-state index contributed by atoms with van der Waals surface area (Å²) in [5.41, 5.74) is 6.29. The van der Waals surface area contributed by atoms with Crippen LogP contribution in [0.25, 0.3) is 0 Å². The second-order valence-corrected chi connectivity index (χ2v) is 6.18. The molecule has 1 heterocycles. The van der Waals surface area contributed by atoms with Gasteiger partial charge in [-0.2, -0.15) is 0 Å². The fourth-order valence-corrected chi connectivity index (χ4v) is 3.36. The minimum Gasteiger partial charge on any atom is -0.326 e. The van der Waals surface area contributed by atoms with Gasteiger partial charge in [-0.25, -0.2) is 0 Å². The van der Waals surface area contributed by atoms with E-state index in [1.54, 1.807) is 0 Å². The van der Waals surface area contributed by atoms with Crippen molar-refractivity contribution >= 4 is 11.3 Å². The van der Waals surface area contributed by atoms with Gasteiger partial charge < -0.3 is 5.73 Å². The average Bonchev–Trinajstić information content (AvgIpc) is 3.03. The van der Waals surface area contributed by atoms with Crippen LogP contribution >= 0.6 is 11.3 Å². The highest BCUT2D eigenvalue weighted by Crippen LogP contribution is 2.37. The Kier molecular flexibility index (Phi) is 3.67. The first-order valence-corrected chi connectivity index (χ1v) is 6.99. The molecule has 1 aliphatic carbocycles. The first-order valence-electron chi connectivity index (χ1n) is 6.17. The first-order chi connectivity index (χ1) is 7.63. The Hall–Kier alpha value is -0.380. The molecule has 0 radical (unpaired) electrons. The minimum absolute atomic E-state index is 0.253. The average molecular weight is 238 g/mol. The van der Waals surface area contributed by atoms with Gasteiger partial charge in [0.15, 0.2) is 0 Å². The number of nitrogens with two attached hydrogens (primary N) is 1. The molecule has 2 unspecified atom stereocenters. The maximum atomic E-state index is 6.29. The molecule has 2 atom stereocenters. The zero-order valence-corrected chi connectivity index (χ0v) is 11.3. The van der Waals surface area contributed by atoms with E-state index in [1.165, 1.54) is 22.6 Å². The van der Waals surface area contributed by atoms with Gasteiger partial charge in [0.05, 0.1) is 6.04 Å². The molecule has 1 aliphatic rings. The molecule has 2 nitrogen and oxygen atoms in total. The highest BCUT2D eigenvalue weighted by molar-refractivity contribution is 7.12. The summed E-state index contributed by atoms with van der Waals surface area (Å²) in [6, 6.07) is 5.89. The van der Waals surface area contributed by atoms with Crippen LogP contribution < -0.4 is 5.73 Å². The fourth-order valence-electron chi connectivity index (χ4n) is 2.26. The topological polar surface area (TPSA) is 29.3 Å². The van der Waals surface area contributed by atoms with Gasteiger partial charge in [-0.3, -0.25) is 4.90 Å². The molecule has 2 N–H and O–H groups in total. The van der Waals surface area contributed by atoms with Crippen molar-refractivity contribution < 1.29 is 0 Å². The van der Waals surface area contributed by atoms with Gasteiger partial charge in [-0.15, -0.1) is 11.3 Å². The van der Waals surface area contributed by atoms with Crippen LogP contribution in [0.4, 0.5) is 0 Å². The maximum Gasteiger partial charge on any atom is 0.0593 e. The van der Waals surface area contributed by atoms with Gasteiger partial charge >= 0.3 is 0 Å². The molecule has 0 aromatic carbocycles. The standard InChI is InChI=1S/C13H22N2S/c1-4-11(14)13(15(3)10-6-7-10)12-8-5-9(2)16-12/h5,8,10-11,13H,4,6-7,14H2,1-3H3. The van der Waals surface area contributed by atoms with E-state index in [-0.39, 0.29) is 6.04 Å². The van der Waals surface area contributed by atoms with Crippen LogP contribution in [-0.4, -0.2) is 24.0 Å². The molecule has 16 heavy (non-hydrogen) atoms. The molecule has 1 fully saturated rings. The number of hydrogen-bond acceptors (Lipinski definition) is 3. The second kappa shape index (κ2) is 4.86. The van der Waals surface area contributed by atoms with Crippen molar-refractivity contribution in [2.75, 3.05) is 7.05 Å². The van der Waals surface area contributed by atoms with Crippen LogP contribution in [0.2, 0.25) is 0 Å². The SMILES string of the molecule is CCC(N)C(c1ccc(C)s1)N(C)C1CC1. The van der Waals surface area contributed by atoms with Crippen molar-refractivity contribution in [3.05, 3.63) is 21.9 Å². The van der Waals surface area contributed by atoms with Gasteiger partial charge in [0.25, 0.3) is 0 Å². The van der Waals surface area contributed by atoms with E-state index in [4.69, 9.17) is 5.73 Å². The van der Waals surface area contributed by atoms with E-state index in [1.807, 2.05) is 11.3 Å². The van der Waals surface area contributed by atoms with Crippen molar-refractivity contribution in [1.29, 1.82) is 0 Å². The summed E-state index contributed by atoms with van der Waals surface area (Å²) in [6.45, 7) is 4.35. The highest BCUT2D eigenvalue weighted by atomic mass is 32.1. The molecule has 0 aliphatic heterocycles. The molecule has 90 valence electrons. The number of thiophene rings is 1. The Bertz CT molecular complexity index is 343. The molecule has 0 saturated heterocycles. The van der Waals surface area contributed by atoms with Gasteiger partial charge in [-0.05, 0) is 45.4 Å².